The molecule has 0 aliphatic carbocycles. The molecule has 8 nitrogen and oxygen atoms in total. The van der Waals surface area contributed by atoms with Crippen LogP contribution in [0.15, 0.2) is 61.1 Å². The summed E-state index contributed by atoms with van der Waals surface area (Å²) in [5, 5.41) is 4.24. The van der Waals surface area contributed by atoms with E-state index < -0.39 is 0 Å². The van der Waals surface area contributed by atoms with E-state index in [1.165, 1.54) is 0 Å². The lowest BCUT2D eigenvalue weighted by atomic mass is 10.0. The van der Waals surface area contributed by atoms with E-state index in [4.69, 9.17) is 9.72 Å². The van der Waals surface area contributed by atoms with E-state index in [9.17, 15) is 4.79 Å². The molecule has 1 amide bonds. The highest BCUT2D eigenvalue weighted by Gasteiger charge is 2.31. The number of ether oxygens (including phenoxy) is 1. The molecule has 33 heavy (non-hydrogen) atoms. The van der Waals surface area contributed by atoms with Crippen molar-refractivity contribution in [3.05, 3.63) is 72.4 Å². The quantitative estimate of drug-likeness (QED) is 0.478. The van der Waals surface area contributed by atoms with Crippen LogP contribution in [-0.2, 0) is 4.74 Å². The van der Waals surface area contributed by atoms with Gasteiger partial charge >= 0.3 is 0 Å². The molecular weight excluding hydrogens is 416 g/mol. The first-order valence-electron chi connectivity index (χ1n) is 11.6. The van der Waals surface area contributed by atoms with Crippen molar-refractivity contribution in [2.75, 3.05) is 19.7 Å². The Balaban J connectivity index is 1.19. The molecule has 6 rings (SSSR count). The fourth-order valence-electron chi connectivity index (χ4n) is 5.00. The molecule has 4 aromatic rings. The Morgan fingerprint density at radius 3 is 2.58 bits per heavy atom. The first-order valence-corrected chi connectivity index (χ1v) is 11.6. The number of nitrogens with zero attached hydrogens (tertiary/aromatic N) is 6. The van der Waals surface area contributed by atoms with Crippen LogP contribution in [0, 0.1) is 0 Å². The smallest absolute Gasteiger partial charge is 0.253 e. The number of piperidine rings is 1. The Morgan fingerprint density at radius 1 is 1.00 bits per heavy atom. The third-order valence-corrected chi connectivity index (χ3v) is 6.69. The fourth-order valence-corrected chi connectivity index (χ4v) is 5.00. The minimum atomic E-state index is 0.0344. The van der Waals surface area contributed by atoms with Crippen LogP contribution < -0.4 is 0 Å². The van der Waals surface area contributed by atoms with Gasteiger partial charge in [0.25, 0.3) is 5.91 Å². The molecule has 2 aliphatic rings. The minimum absolute atomic E-state index is 0.0344. The van der Waals surface area contributed by atoms with Gasteiger partial charge in [-0.15, -0.1) is 0 Å². The summed E-state index contributed by atoms with van der Waals surface area (Å²) in [5.41, 5.74) is 3.48. The Hall–Kier alpha value is -3.52. The predicted molar refractivity (Wildman–Crippen MR) is 123 cm³/mol. The third kappa shape index (κ3) is 3.70. The number of likely N-dealkylation sites (tertiary alicyclic amines) is 1. The average molecular weight is 443 g/mol. The maximum atomic E-state index is 13.1. The Bertz CT molecular complexity index is 1250. The highest BCUT2D eigenvalue weighted by atomic mass is 16.5. The summed E-state index contributed by atoms with van der Waals surface area (Å²) in [6.45, 7) is 2.21. The second kappa shape index (κ2) is 8.44. The monoisotopic (exact) mass is 442 g/mol. The van der Waals surface area contributed by atoms with Crippen molar-refractivity contribution in [3.63, 3.8) is 0 Å². The SMILES string of the molecule is O=C(c1ccc(-n2cccn2)cc1)N1CCC(n2c(C3CCCO3)nc3cccnc32)CC1. The van der Waals surface area contributed by atoms with Crippen molar-refractivity contribution in [1.29, 1.82) is 0 Å². The molecule has 0 bridgehead atoms. The van der Waals surface area contributed by atoms with Gasteiger partial charge in [-0.05, 0) is 68.1 Å². The predicted octanol–water partition coefficient (Wildman–Crippen LogP) is 3.95. The molecule has 2 aliphatic heterocycles. The number of fused-ring (bicyclic) bond motifs is 1. The number of benzene rings is 1. The third-order valence-electron chi connectivity index (χ3n) is 6.69. The summed E-state index contributed by atoms with van der Waals surface area (Å²) < 4.78 is 10.0. The number of carbonyl (C=O) groups excluding carboxylic acids is 1. The number of aromatic nitrogens is 5. The van der Waals surface area contributed by atoms with E-state index in [0.29, 0.717) is 18.7 Å². The average Bonchev–Trinajstić information content (AvgIpc) is 3.64. The van der Waals surface area contributed by atoms with Crippen LogP contribution in [-0.4, -0.2) is 54.8 Å². The van der Waals surface area contributed by atoms with E-state index >= 15 is 0 Å². The van der Waals surface area contributed by atoms with Crippen molar-refractivity contribution >= 4 is 17.1 Å². The van der Waals surface area contributed by atoms with E-state index in [1.807, 2.05) is 59.8 Å². The van der Waals surface area contributed by atoms with E-state index in [2.05, 4.69) is 14.6 Å². The molecule has 1 atom stereocenters. The van der Waals surface area contributed by atoms with Gasteiger partial charge in [0.2, 0.25) is 0 Å². The van der Waals surface area contributed by atoms with Crippen molar-refractivity contribution in [2.24, 2.45) is 0 Å². The fraction of sp³-hybridized carbons (Fsp3) is 0.360. The van der Waals surface area contributed by atoms with Gasteiger partial charge in [-0.25, -0.2) is 14.6 Å². The summed E-state index contributed by atoms with van der Waals surface area (Å²) in [6, 6.07) is 13.7. The van der Waals surface area contributed by atoms with Gasteiger partial charge in [0, 0.05) is 49.9 Å². The van der Waals surface area contributed by atoms with Crippen LogP contribution in [0.4, 0.5) is 0 Å². The zero-order chi connectivity index (χ0) is 22.2. The van der Waals surface area contributed by atoms with Gasteiger partial charge in [0.1, 0.15) is 17.4 Å². The minimum Gasteiger partial charge on any atom is -0.370 e. The van der Waals surface area contributed by atoms with Crippen molar-refractivity contribution in [3.8, 4) is 5.69 Å². The number of hydrogen-bond donors (Lipinski definition) is 0. The lowest BCUT2D eigenvalue weighted by Crippen LogP contribution is -2.39. The highest BCUT2D eigenvalue weighted by molar-refractivity contribution is 5.94. The van der Waals surface area contributed by atoms with E-state index in [1.54, 1.807) is 10.9 Å². The van der Waals surface area contributed by atoms with Crippen molar-refractivity contribution in [2.45, 2.75) is 37.8 Å². The van der Waals surface area contributed by atoms with Gasteiger partial charge in [-0.2, -0.15) is 5.10 Å². The zero-order valence-electron chi connectivity index (χ0n) is 18.4. The van der Waals surface area contributed by atoms with Crippen LogP contribution >= 0.6 is 0 Å². The highest BCUT2D eigenvalue weighted by Crippen LogP contribution is 2.35. The number of imidazole rings is 1. The maximum Gasteiger partial charge on any atom is 0.253 e. The van der Waals surface area contributed by atoms with Gasteiger partial charge in [0.05, 0.1) is 5.69 Å². The van der Waals surface area contributed by atoms with Crippen LogP contribution in [0.2, 0.25) is 0 Å². The van der Waals surface area contributed by atoms with Gasteiger partial charge in [-0.3, -0.25) is 4.79 Å². The van der Waals surface area contributed by atoms with Gasteiger partial charge in [0.15, 0.2) is 5.65 Å². The topological polar surface area (TPSA) is 78.1 Å². The number of hydrogen-bond acceptors (Lipinski definition) is 5. The number of carbonyl (C=O) groups is 1. The second-order valence-electron chi connectivity index (χ2n) is 8.71. The summed E-state index contributed by atoms with van der Waals surface area (Å²) in [5.74, 6) is 1.06. The summed E-state index contributed by atoms with van der Waals surface area (Å²) >= 11 is 0. The van der Waals surface area contributed by atoms with E-state index in [-0.39, 0.29) is 18.1 Å². The molecule has 8 heteroatoms. The molecule has 0 N–H and O–H groups in total. The molecular formula is C25H26N6O2. The normalized spacial score (nSPS) is 19.4. The van der Waals surface area contributed by atoms with E-state index in [0.717, 1.165) is 55.0 Å². The Kier molecular flexibility index (Phi) is 5.14. The molecule has 0 saturated carbocycles. The van der Waals surface area contributed by atoms with Crippen molar-refractivity contribution in [1.82, 2.24) is 29.2 Å². The molecule has 168 valence electrons. The van der Waals surface area contributed by atoms with Crippen LogP contribution in [0.5, 0.6) is 0 Å². The number of rotatable bonds is 4. The molecule has 2 saturated heterocycles. The maximum absolute atomic E-state index is 13.1. The molecule has 0 radical (unpaired) electrons. The lowest BCUT2D eigenvalue weighted by molar-refractivity contribution is 0.0682. The number of amides is 1. The number of pyridine rings is 1. The van der Waals surface area contributed by atoms with Gasteiger partial charge in [-0.1, -0.05) is 0 Å². The first-order chi connectivity index (χ1) is 16.3. The summed E-state index contributed by atoms with van der Waals surface area (Å²) in [7, 11) is 0. The second-order valence-corrected chi connectivity index (χ2v) is 8.71. The molecule has 1 aromatic carbocycles. The van der Waals surface area contributed by atoms with Crippen LogP contribution in [0.3, 0.4) is 0 Å². The van der Waals surface area contributed by atoms with Crippen LogP contribution in [0.1, 0.15) is 54.0 Å². The Labute approximate surface area is 191 Å². The molecule has 1 unspecified atom stereocenters. The largest absolute Gasteiger partial charge is 0.370 e. The molecule has 3 aromatic heterocycles. The lowest BCUT2D eigenvalue weighted by Gasteiger charge is -2.34. The van der Waals surface area contributed by atoms with Crippen LogP contribution in [0.25, 0.3) is 16.9 Å². The van der Waals surface area contributed by atoms with Crippen molar-refractivity contribution < 1.29 is 9.53 Å². The molecule has 0 spiro atoms. The summed E-state index contributed by atoms with van der Waals surface area (Å²) in [4.78, 5) is 24.6. The van der Waals surface area contributed by atoms with Gasteiger partial charge < -0.3 is 14.2 Å². The first kappa shape index (κ1) is 20.1. The zero-order valence-corrected chi connectivity index (χ0v) is 18.4. The summed E-state index contributed by atoms with van der Waals surface area (Å²) in [6.07, 6.45) is 9.30. The molecule has 2 fully saturated rings. The Morgan fingerprint density at radius 2 is 1.85 bits per heavy atom. The molecule has 5 heterocycles. The standard InChI is InChI=1S/C25H26N6O2/c32-25(18-6-8-19(9-7-18)30-14-3-13-27-30)29-15-10-20(11-16-29)31-23-21(4-1-12-26-23)28-24(31)22-5-2-17-33-22/h1,3-4,6-9,12-14,20,22H,2,5,10-11,15-17H2.